The van der Waals surface area contributed by atoms with Crippen LogP contribution in [0.25, 0.3) is 0 Å². The fraction of sp³-hybridized carbons (Fsp3) is 0.538. The smallest absolute Gasteiger partial charge is 0.119 e. The molecule has 0 bridgehead atoms. The van der Waals surface area contributed by atoms with E-state index in [9.17, 15) is 0 Å². The summed E-state index contributed by atoms with van der Waals surface area (Å²) in [6.45, 7) is 1.21. The molecule has 1 aliphatic rings. The van der Waals surface area contributed by atoms with Gasteiger partial charge in [-0.25, -0.2) is 0 Å². The number of benzene rings is 1. The van der Waals surface area contributed by atoms with Crippen molar-refractivity contribution in [1.29, 1.82) is 0 Å². The molecule has 0 unspecified atom stereocenters. The molecule has 88 valence electrons. The Kier molecular flexibility index (Phi) is 4.05. The first-order valence-electron chi connectivity index (χ1n) is 5.85. The maximum Gasteiger partial charge on any atom is 0.119 e. The molecule has 0 radical (unpaired) electrons. The van der Waals surface area contributed by atoms with E-state index in [1.165, 1.54) is 19.3 Å². The van der Waals surface area contributed by atoms with E-state index < -0.39 is 0 Å². The third-order valence-corrected chi connectivity index (χ3v) is 2.89. The van der Waals surface area contributed by atoms with E-state index in [0.717, 1.165) is 24.0 Å². The maximum atomic E-state index is 8.61. The van der Waals surface area contributed by atoms with Gasteiger partial charge in [0.05, 0.1) is 13.2 Å². The summed E-state index contributed by atoms with van der Waals surface area (Å²) in [6, 6.07) is 7.55. The summed E-state index contributed by atoms with van der Waals surface area (Å²) in [4.78, 5) is 0. The number of ether oxygens (including phenoxy) is 2. The van der Waals surface area contributed by atoms with Crippen LogP contribution in [0.2, 0.25) is 0 Å². The minimum absolute atomic E-state index is 0.0416. The predicted octanol–water partition coefficient (Wildman–Crippen LogP) is 2.24. The highest BCUT2D eigenvalue weighted by Gasteiger charge is 2.17. The van der Waals surface area contributed by atoms with E-state index >= 15 is 0 Å². The molecule has 0 atom stereocenters. The molecule has 0 spiro atoms. The van der Waals surface area contributed by atoms with Gasteiger partial charge in [0, 0.05) is 0 Å². The second-order valence-corrected chi connectivity index (χ2v) is 4.15. The Morgan fingerprint density at radius 2 is 1.69 bits per heavy atom. The first-order valence-corrected chi connectivity index (χ1v) is 5.85. The largest absolute Gasteiger partial charge is 0.493 e. The molecule has 3 heteroatoms. The Morgan fingerprint density at radius 1 is 1.06 bits per heavy atom. The summed E-state index contributed by atoms with van der Waals surface area (Å²) in [6.07, 6.45) is 3.96. The summed E-state index contributed by atoms with van der Waals surface area (Å²) in [5.41, 5.74) is 0. The van der Waals surface area contributed by atoms with Gasteiger partial charge in [-0.3, -0.25) is 0 Å². The topological polar surface area (TPSA) is 38.7 Å². The first-order chi connectivity index (χ1) is 7.88. The molecule has 16 heavy (non-hydrogen) atoms. The molecule has 1 fully saturated rings. The quantitative estimate of drug-likeness (QED) is 0.802. The van der Waals surface area contributed by atoms with Crippen molar-refractivity contribution >= 4 is 0 Å². The van der Waals surface area contributed by atoms with Gasteiger partial charge in [0.15, 0.2) is 0 Å². The van der Waals surface area contributed by atoms with E-state index in [2.05, 4.69) is 0 Å². The molecule has 1 saturated carbocycles. The van der Waals surface area contributed by atoms with Crippen molar-refractivity contribution in [2.45, 2.75) is 19.3 Å². The maximum absolute atomic E-state index is 8.61. The normalized spacial score (nSPS) is 15.6. The summed E-state index contributed by atoms with van der Waals surface area (Å²) >= 11 is 0. The van der Waals surface area contributed by atoms with Crippen LogP contribution in [-0.4, -0.2) is 24.9 Å². The lowest BCUT2D eigenvalue weighted by Crippen LogP contribution is -2.19. The van der Waals surface area contributed by atoms with Gasteiger partial charge in [0.1, 0.15) is 18.1 Å². The van der Waals surface area contributed by atoms with Crippen molar-refractivity contribution < 1.29 is 14.6 Å². The lowest BCUT2D eigenvalue weighted by Gasteiger charge is -2.25. The van der Waals surface area contributed by atoms with Gasteiger partial charge < -0.3 is 14.6 Å². The van der Waals surface area contributed by atoms with Crippen LogP contribution in [0.4, 0.5) is 0 Å². The zero-order chi connectivity index (χ0) is 11.2. The number of hydrogen-bond acceptors (Lipinski definition) is 3. The second-order valence-electron chi connectivity index (χ2n) is 4.15. The fourth-order valence-electron chi connectivity index (χ4n) is 1.67. The van der Waals surface area contributed by atoms with Crippen molar-refractivity contribution in [3.63, 3.8) is 0 Å². The van der Waals surface area contributed by atoms with Crippen LogP contribution < -0.4 is 9.47 Å². The molecule has 1 N–H and O–H groups in total. The zero-order valence-corrected chi connectivity index (χ0v) is 9.39. The molecule has 1 aromatic carbocycles. The van der Waals surface area contributed by atoms with E-state index in [4.69, 9.17) is 14.6 Å². The molecule has 0 amide bonds. The third-order valence-electron chi connectivity index (χ3n) is 2.89. The number of aliphatic hydroxyl groups excluding tert-OH is 1. The van der Waals surface area contributed by atoms with Crippen LogP contribution in [0, 0.1) is 5.92 Å². The summed E-state index contributed by atoms with van der Waals surface area (Å²) in [5.74, 6) is 2.42. The third kappa shape index (κ3) is 3.14. The second kappa shape index (κ2) is 5.75. The van der Waals surface area contributed by atoms with Gasteiger partial charge >= 0.3 is 0 Å². The highest BCUT2D eigenvalue weighted by Crippen LogP contribution is 2.27. The summed E-state index contributed by atoms with van der Waals surface area (Å²) < 4.78 is 10.9. The van der Waals surface area contributed by atoms with Crippen molar-refractivity contribution in [3.05, 3.63) is 24.3 Å². The molecule has 0 saturated heterocycles. The Bertz CT molecular complexity index is 303. The van der Waals surface area contributed by atoms with E-state index in [1.54, 1.807) is 0 Å². The minimum atomic E-state index is 0.0416. The molecule has 0 aliphatic heterocycles. The Hall–Kier alpha value is -1.22. The fourth-order valence-corrected chi connectivity index (χ4v) is 1.67. The standard InChI is InChI=1S/C13H18O3/c14-8-9-15-12-4-6-13(7-5-12)16-10-11-2-1-3-11/h4-7,11,14H,1-3,8-10H2. The van der Waals surface area contributed by atoms with Crippen molar-refractivity contribution in [3.8, 4) is 11.5 Å². The first kappa shape index (κ1) is 11.3. The van der Waals surface area contributed by atoms with Gasteiger partial charge in [0.2, 0.25) is 0 Å². The highest BCUT2D eigenvalue weighted by molar-refractivity contribution is 5.31. The average molecular weight is 222 g/mol. The summed E-state index contributed by atoms with van der Waals surface area (Å²) in [5, 5.41) is 8.61. The number of rotatable bonds is 6. The zero-order valence-electron chi connectivity index (χ0n) is 9.39. The Morgan fingerprint density at radius 3 is 2.19 bits per heavy atom. The number of hydrogen-bond donors (Lipinski definition) is 1. The van der Waals surface area contributed by atoms with Gasteiger partial charge in [-0.1, -0.05) is 6.42 Å². The molecular formula is C13H18O3. The van der Waals surface area contributed by atoms with Crippen LogP contribution >= 0.6 is 0 Å². The molecule has 3 nitrogen and oxygen atoms in total. The van der Waals surface area contributed by atoms with Gasteiger partial charge in [-0.05, 0) is 43.0 Å². The van der Waals surface area contributed by atoms with Crippen LogP contribution in [0.3, 0.4) is 0 Å². The molecule has 0 aromatic heterocycles. The monoisotopic (exact) mass is 222 g/mol. The minimum Gasteiger partial charge on any atom is -0.493 e. The van der Waals surface area contributed by atoms with Crippen LogP contribution in [0.15, 0.2) is 24.3 Å². The lowest BCUT2D eigenvalue weighted by molar-refractivity contribution is 0.180. The predicted molar refractivity (Wildman–Crippen MR) is 61.9 cm³/mol. The van der Waals surface area contributed by atoms with Crippen LogP contribution in [-0.2, 0) is 0 Å². The molecular weight excluding hydrogens is 204 g/mol. The van der Waals surface area contributed by atoms with Crippen molar-refractivity contribution in [2.75, 3.05) is 19.8 Å². The average Bonchev–Trinajstić information content (AvgIpc) is 2.26. The summed E-state index contributed by atoms with van der Waals surface area (Å²) in [7, 11) is 0. The molecule has 1 aromatic rings. The number of aliphatic hydroxyl groups is 1. The lowest BCUT2D eigenvalue weighted by atomic mass is 9.86. The van der Waals surface area contributed by atoms with E-state index in [1.807, 2.05) is 24.3 Å². The SMILES string of the molecule is OCCOc1ccc(OCC2CCC2)cc1. The van der Waals surface area contributed by atoms with Gasteiger partial charge in [-0.2, -0.15) is 0 Å². The van der Waals surface area contributed by atoms with Gasteiger partial charge in [0.25, 0.3) is 0 Å². The Labute approximate surface area is 96.0 Å². The van der Waals surface area contributed by atoms with E-state index in [-0.39, 0.29) is 6.61 Å². The molecule has 0 heterocycles. The van der Waals surface area contributed by atoms with Gasteiger partial charge in [-0.15, -0.1) is 0 Å². The van der Waals surface area contributed by atoms with E-state index in [0.29, 0.717) is 6.61 Å². The molecule has 1 aliphatic carbocycles. The highest BCUT2D eigenvalue weighted by atomic mass is 16.5. The Balaban J connectivity index is 1.76. The van der Waals surface area contributed by atoms with Crippen LogP contribution in [0.5, 0.6) is 11.5 Å². The molecule has 2 rings (SSSR count). The van der Waals surface area contributed by atoms with Crippen LogP contribution in [0.1, 0.15) is 19.3 Å². The van der Waals surface area contributed by atoms with Crippen molar-refractivity contribution in [2.24, 2.45) is 5.92 Å². The van der Waals surface area contributed by atoms with Crippen molar-refractivity contribution in [1.82, 2.24) is 0 Å².